The summed E-state index contributed by atoms with van der Waals surface area (Å²) in [6.07, 6.45) is 0. The van der Waals surface area contributed by atoms with Crippen molar-refractivity contribution < 1.29 is 14.3 Å². The SMILES string of the molecule is COc1ccccc1CNC(=O)c1ccccc1N(C)C(=O)c1cccs1. The summed E-state index contributed by atoms with van der Waals surface area (Å²) in [4.78, 5) is 27.5. The minimum absolute atomic E-state index is 0.144. The van der Waals surface area contributed by atoms with Crippen molar-refractivity contribution in [3.05, 3.63) is 82.0 Å². The Kier molecular flexibility index (Phi) is 5.88. The van der Waals surface area contributed by atoms with Crippen molar-refractivity contribution in [2.45, 2.75) is 6.54 Å². The van der Waals surface area contributed by atoms with Gasteiger partial charge >= 0.3 is 0 Å². The van der Waals surface area contributed by atoms with Gasteiger partial charge in [-0.2, -0.15) is 0 Å². The van der Waals surface area contributed by atoms with Gasteiger partial charge in [-0.3, -0.25) is 9.59 Å². The molecule has 0 aliphatic carbocycles. The van der Waals surface area contributed by atoms with E-state index in [-0.39, 0.29) is 11.8 Å². The standard InChI is InChI=1S/C21H20N2O3S/c1-23(21(25)19-12-7-13-27-19)17-10-5-4-9-16(17)20(24)22-14-15-8-3-6-11-18(15)26-2/h3-13H,14H2,1-2H3,(H,22,24). The van der Waals surface area contributed by atoms with Gasteiger partial charge in [0, 0.05) is 19.2 Å². The molecule has 1 heterocycles. The Hall–Kier alpha value is -3.12. The number of para-hydroxylation sites is 2. The molecule has 0 bridgehead atoms. The molecule has 3 aromatic rings. The number of carbonyl (C=O) groups is 2. The monoisotopic (exact) mass is 380 g/mol. The molecule has 1 aromatic heterocycles. The van der Waals surface area contributed by atoms with Crippen molar-refractivity contribution in [1.82, 2.24) is 5.32 Å². The zero-order valence-corrected chi connectivity index (χ0v) is 16.0. The van der Waals surface area contributed by atoms with E-state index < -0.39 is 0 Å². The second-order valence-electron chi connectivity index (χ2n) is 5.85. The highest BCUT2D eigenvalue weighted by Gasteiger charge is 2.20. The molecule has 1 N–H and O–H groups in total. The number of ether oxygens (including phenoxy) is 1. The van der Waals surface area contributed by atoms with E-state index in [9.17, 15) is 9.59 Å². The quantitative estimate of drug-likeness (QED) is 0.704. The smallest absolute Gasteiger partial charge is 0.268 e. The fourth-order valence-corrected chi connectivity index (χ4v) is 3.45. The van der Waals surface area contributed by atoms with E-state index in [0.29, 0.717) is 22.7 Å². The lowest BCUT2D eigenvalue weighted by Gasteiger charge is -2.20. The van der Waals surface area contributed by atoms with E-state index in [0.717, 1.165) is 11.3 Å². The molecule has 0 aliphatic rings. The summed E-state index contributed by atoms with van der Waals surface area (Å²) in [5, 5.41) is 4.76. The maximum atomic E-state index is 12.8. The van der Waals surface area contributed by atoms with Gasteiger partial charge in [-0.25, -0.2) is 0 Å². The zero-order valence-electron chi connectivity index (χ0n) is 15.1. The van der Waals surface area contributed by atoms with E-state index in [1.165, 1.54) is 16.2 Å². The van der Waals surface area contributed by atoms with Crippen LogP contribution in [0.1, 0.15) is 25.6 Å². The van der Waals surface area contributed by atoms with Crippen LogP contribution < -0.4 is 15.0 Å². The molecule has 5 nitrogen and oxygen atoms in total. The number of nitrogens with zero attached hydrogens (tertiary/aromatic N) is 1. The highest BCUT2D eigenvalue weighted by Crippen LogP contribution is 2.23. The van der Waals surface area contributed by atoms with Crippen LogP contribution in [-0.2, 0) is 6.54 Å². The number of nitrogens with one attached hydrogen (secondary N) is 1. The number of rotatable bonds is 6. The van der Waals surface area contributed by atoms with Gasteiger partial charge in [0.25, 0.3) is 11.8 Å². The predicted molar refractivity (Wildman–Crippen MR) is 108 cm³/mol. The lowest BCUT2D eigenvalue weighted by molar-refractivity contribution is 0.0951. The Morgan fingerprint density at radius 3 is 2.52 bits per heavy atom. The van der Waals surface area contributed by atoms with Crippen molar-refractivity contribution in [2.75, 3.05) is 19.1 Å². The third-order valence-corrected chi connectivity index (χ3v) is 5.04. The fraction of sp³-hybridized carbons (Fsp3) is 0.143. The number of hydrogen-bond acceptors (Lipinski definition) is 4. The Morgan fingerprint density at radius 1 is 1.04 bits per heavy atom. The highest BCUT2D eigenvalue weighted by atomic mass is 32.1. The number of thiophene rings is 1. The summed E-state index contributed by atoms with van der Waals surface area (Å²) in [5.74, 6) is 0.327. The summed E-state index contributed by atoms with van der Waals surface area (Å²) in [7, 11) is 3.27. The van der Waals surface area contributed by atoms with E-state index in [4.69, 9.17) is 4.74 Å². The molecule has 0 saturated heterocycles. The zero-order chi connectivity index (χ0) is 19.2. The summed E-state index contributed by atoms with van der Waals surface area (Å²) in [6.45, 7) is 0.333. The van der Waals surface area contributed by atoms with Gasteiger partial charge < -0.3 is 15.0 Å². The molecule has 0 unspecified atom stereocenters. The minimum Gasteiger partial charge on any atom is -0.496 e. The molecule has 138 valence electrons. The van der Waals surface area contributed by atoms with Crippen molar-refractivity contribution >= 4 is 28.8 Å². The van der Waals surface area contributed by atoms with Crippen LogP contribution in [0.2, 0.25) is 0 Å². The first kappa shape index (κ1) is 18.7. The van der Waals surface area contributed by atoms with Crippen LogP contribution >= 0.6 is 11.3 Å². The first-order valence-electron chi connectivity index (χ1n) is 8.42. The van der Waals surface area contributed by atoms with E-state index in [2.05, 4.69) is 5.32 Å². The fourth-order valence-electron chi connectivity index (χ4n) is 2.75. The molecule has 0 radical (unpaired) electrons. The van der Waals surface area contributed by atoms with Crippen LogP contribution in [-0.4, -0.2) is 26.0 Å². The second-order valence-corrected chi connectivity index (χ2v) is 6.80. The average Bonchev–Trinajstić information content (AvgIpc) is 3.26. The maximum absolute atomic E-state index is 12.8. The van der Waals surface area contributed by atoms with E-state index in [1.54, 1.807) is 38.4 Å². The van der Waals surface area contributed by atoms with Gasteiger partial charge in [0.05, 0.1) is 23.2 Å². The predicted octanol–water partition coefficient (Wildman–Crippen LogP) is 3.96. The first-order valence-corrected chi connectivity index (χ1v) is 9.30. The van der Waals surface area contributed by atoms with Gasteiger partial charge in [0.1, 0.15) is 5.75 Å². The van der Waals surface area contributed by atoms with Crippen LogP contribution in [0.25, 0.3) is 0 Å². The normalized spacial score (nSPS) is 10.3. The van der Waals surface area contributed by atoms with Crippen LogP contribution in [0.5, 0.6) is 5.75 Å². The Labute approximate surface area is 162 Å². The molecule has 0 atom stereocenters. The van der Waals surface area contributed by atoms with Crippen LogP contribution in [0.4, 0.5) is 5.69 Å². The number of methoxy groups -OCH3 is 1. The molecule has 2 amide bonds. The minimum atomic E-state index is -0.248. The molecule has 2 aromatic carbocycles. The van der Waals surface area contributed by atoms with Gasteiger partial charge in [-0.1, -0.05) is 36.4 Å². The number of carbonyl (C=O) groups excluding carboxylic acids is 2. The lowest BCUT2D eigenvalue weighted by atomic mass is 10.1. The van der Waals surface area contributed by atoms with Gasteiger partial charge in [-0.15, -0.1) is 11.3 Å². The Morgan fingerprint density at radius 2 is 1.78 bits per heavy atom. The Bertz CT molecular complexity index is 938. The van der Waals surface area contributed by atoms with E-state index in [1.807, 2.05) is 41.8 Å². The molecule has 3 rings (SSSR count). The third kappa shape index (κ3) is 4.17. The number of hydrogen-bond donors (Lipinski definition) is 1. The second kappa shape index (κ2) is 8.51. The molecule has 0 spiro atoms. The highest BCUT2D eigenvalue weighted by molar-refractivity contribution is 7.12. The lowest BCUT2D eigenvalue weighted by Crippen LogP contribution is -2.30. The van der Waals surface area contributed by atoms with Crippen LogP contribution in [0, 0.1) is 0 Å². The van der Waals surface area contributed by atoms with Crippen molar-refractivity contribution in [1.29, 1.82) is 0 Å². The molecule has 27 heavy (non-hydrogen) atoms. The molecule has 6 heteroatoms. The van der Waals surface area contributed by atoms with Gasteiger partial charge in [-0.05, 0) is 29.6 Å². The molecule has 0 saturated carbocycles. The first-order chi connectivity index (χ1) is 13.1. The third-order valence-electron chi connectivity index (χ3n) is 4.18. The molecular formula is C21H20N2O3S. The van der Waals surface area contributed by atoms with Crippen LogP contribution in [0.15, 0.2) is 66.0 Å². The van der Waals surface area contributed by atoms with Gasteiger partial charge in [0.15, 0.2) is 0 Å². The Balaban J connectivity index is 1.78. The maximum Gasteiger partial charge on any atom is 0.268 e. The summed E-state index contributed by atoms with van der Waals surface area (Å²) in [6, 6.07) is 18.2. The molecule has 0 aliphatic heterocycles. The number of anilines is 1. The molecular weight excluding hydrogens is 360 g/mol. The topological polar surface area (TPSA) is 58.6 Å². The van der Waals surface area contributed by atoms with Gasteiger partial charge in [0.2, 0.25) is 0 Å². The summed E-state index contributed by atoms with van der Waals surface area (Å²) < 4.78 is 5.32. The van der Waals surface area contributed by atoms with Crippen molar-refractivity contribution in [3.8, 4) is 5.75 Å². The average molecular weight is 380 g/mol. The van der Waals surface area contributed by atoms with Crippen molar-refractivity contribution in [2.24, 2.45) is 0 Å². The largest absolute Gasteiger partial charge is 0.496 e. The summed E-state index contributed by atoms with van der Waals surface area (Å²) in [5.41, 5.74) is 1.89. The number of benzene rings is 2. The molecule has 0 fully saturated rings. The van der Waals surface area contributed by atoms with Crippen molar-refractivity contribution in [3.63, 3.8) is 0 Å². The van der Waals surface area contributed by atoms with Crippen LogP contribution in [0.3, 0.4) is 0 Å². The summed E-state index contributed by atoms with van der Waals surface area (Å²) >= 11 is 1.37. The number of amides is 2. The van der Waals surface area contributed by atoms with E-state index >= 15 is 0 Å².